The molecule has 0 unspecified atom stereocenters. The molecule has 1 amide bonds. The van der Waals surface area contributed by atoms with Gasteiger partial charge in [0.25, 0.3) is 0 Å². The predicted octanol–water partition coefficient (Wildman–Crippen LogP) is 3.87. The zero-order valence-corrected chi connectivity index (χ0v) is 14.4. The molecular formula is C15H13BrClN3O2. The fraction of sp³-hybridized carbons (Fsp3) is 0.267. The van der Waals surface area contributed by atoms with E-state index in [9.17, 15) is 4.79 Å². The minimum atomic E-state index is -0.177. The number of benzene rings is 1. The van der Waals surface area contributed by atoms with Gasteiger partial charge in [-0.15, -0.1) is 0 Å². The van der Waals surface area contributed by atoms with Crippen LogP contribution in [-0.4, -0.2) is 17.9 Å². The van der Waals surface area contributed by atoms with E-state index in [1.54, 1.807) is 20.0 Å². The van der Waals surface area contributed by atoms with Crippen LogP contribution in [0.5, 0.6) is 0 Å². The van der Waals surface area contributed by atoms with E-state index in [1.165, 1.54) is 4.90 Å². The number of carbonyl (C=O) groups excluding carboxylic acids is 1. The third kappa shape index (κ3) is 3.67. The predicted molar refractivity (Wildman–Crippen MR) is 86.8 cm³/mol. The summed E-state index contributed by atoms with van der Waals surface area (Å²) in [7, 11) is 1.56. The lowest BCUT2D eigenvalue weighted by atomic mass is 10.1. The second-order valence-corrected chi connectivity index (χ2v) is 6.01. The lowest BCUT2D eigenvalue weighted by Gasteiger charge is -2.14. The van der Waals surface area contributed by atoms with E-state index in [0.29, 0.717) is 17.3 Å². The molecule has 2 aromatic rings. The number of oxazole rings is 1. The van der Waals surface area contributed by atoms with E-state index in [4.69, 9.17) is 21.3 Å². The van der Waals surface area contributed by atoms with Gasteiger partial charge in [-0.25, -0.2) is 4.98 Å². The number of aromatic nitrogens is 1. The molecule has 1 aromatic carbocycles. The Morgan fingerprint density at radius 3 is 2.95 bits per heavy atom. The second kappa shape index (κ2) is 6.95. The molecule has 5 nitrogen and oxygen atoms in total. The largest absolute Gasteiger partial charge is 0.423 e. The zero-order chi connectivity index (χ0) is 16.3. The number of anilines is 1. The molecule has 0 fully saturated rings. The van der Waals surface area contributed by atoms with Gasteiger partial charge >= 0.3 is 0 Å². The molecule has 0 atom stereocenters. The van der Waals surface area contributed by atoms with E-state index in [2.05, 4.69) is 20.9 Å². The third-order valence-electron chi connectivity index (χ3n) is 3.12. The Kier molecular flexibility index (Phi) is 5.22. The highest BCUT2D eigenvalue weighted by Crippen LogP contribution is 2.24. The number of rotatable bonds is 4. The maximum atomic E-state index is 12.3. The Labute approximate surface area is 141 Å². The molecule has 2 rings (SSSR count). The molecule has 114 valence electrons. The van der Waals surface area contributed by atoms with Crippen molar-refractivity contribution in [3.05, 3.63) is 44.8 Å². The topological polar surface area (TPSA) is 70.1 Å². The number of nitrogens with zero attached hydrogens (tertiary/aromatic N) is 3. The van der Waals surface area contributed by atoms with Crippen molar-refractivity contribution in [3.8, 4) is 6.07 Å². The number of hydrogen-bond donors (Lipinski definition) is 0. The SMILES string of the molecule is Cc1nc(C#N)c(N(C)C(=O)CCc2cc(Br)ccc2Cl)o1. The molecule has 0 aliphatic rings. The van der Waals surface area contributed by atoms with Crippen molar-refractivity contribution in [2.75, 3.05) is 11.9 Å². The summed E-state index contributed by atoms with van der Waals surface area (Å²) in [4.78, 5) is 17.5. The number of nitriles is 1. The zero-order valence-electron chi connectivity index (χ0n) is 12.1. The van der Waals surface area contributed by atoms with Gasteiger partial charge in [-0.3, -0.25) is 9.69 Å². The lowest BCUT2D eigenvalue weighted by Crippen LogP contribution is -2.26. The summed E-state index contributed by atoms with van der Waals surface area (Å²) < 4.78 is 6.23. The van der Waals surface area contributed by atoms with Crippen LogP contribution in [0.25, 0.3) is 0 Å². The molecular weight excluding hydrogens is 370 g/mol. The molecule has 1 aromatic heterocycles. The summed E-state index contributed by atoms with van der Waals surface area (Å²) in [5, 5.41) is 9.62. The maximum absolute atomic E-state index is 12.3. The van der Waals surface area contributed by atoms with Crippen LogP contribution < -0.4 is 4.90 Å². The van der Waals surface area contributed by atoms with Gasteiger partial charge in [0.2, 0.25) is 17.5 Å². The molecule has 0 aliphatic carbocycles. The quantitative estimate of drug-likeness (QED) is 0.805. The van der Waals surface area contributed by atoms with E-state index < -0.39 is 0 Å². The van der Waals surface area contributed by atoms with Crippen molar-refractivity contribution in [3.63, 3.8) is 0 Å². The molecule has 0 radical (unpaired) electrons. The van der Waals surface area contributed by atoms with E-state index in [0.717, 1.165) is 10.0 Å². The van der Waals surface area contributed by atoms with Crippen molar-refractivity contribution >= 4 is 39.3 Å². The van der Waals surface area contributed by atoms with Crippen LogP contribution in [-0.2, 0) is 11.2 Å². The van der Waals surface area contributed by atoms with Crippen molar-refractivity contribution in [1.82, 2.24) is 4.98 Å². The second-order valence-electron chi connectivity index (χ2n) is 4.69. The van der Waals surface area contributed by atoms with Crippen LogP contribution >= 0.6 is 27.5 Å². The smallest absolute Gasteiger partial charge is 0.241 e. The monoisotopic (exact) mass is 381 g/mol. The van der Waals surface area contributed by atoms with Gasteiger partial charge in [-0.1, -0.05) is 27.5 Å². The highest BCUT2D eigenvalue weighted by molar-refractivity contribution is 9.10. The number of halogens is 2. The highest BCUT2D eigenvalue weighted by atomic mass is 79.9. The average molecular weight is 383 g/mol. The lowest BCUT2D eigenvalue weighted by molar-refractivity contribution is -0.118. The molecule has 7 heteroatoms. The summed E-state index contributed by atoms with van der Waals surface area (Å²) in [6.45, 7) is 1.63. The van der Waals surface area contributed by atoms with Gasteiger partial charge in [0.1, 0.15) is 6.07 Å². The molecule has 0 saturated carbocycles. The van der Waals surface area contributed by atoms with E-state index in [1.807, 2.05) is 18.2 Å². The summed E-state index contributed by atoms with van der Waals surface area (Å²) in [5.41, 5.74) is 0.987. The fourth-order valence-electron chi connectivity index (χ4n) is 1.97. The van der Waals surface area contributed by atoms with Gasteiger partial charge < -0.3 is 4.42 Å². The summed E-state index contributed by atoms with van der Waals surface area (Å²) in [5.74, 6) is 0.343. The molecule has 0 spiro atoms. The minimum absolute atomic E-state index is 0.105. The van der Waals surface area contributed by atoms with Gasteiger partial charge in [-0.05, 0) is 30.2 Å². The number of hydrogen-bond acceptors (Lipinski definition) is 4. The third-order valence-corrected chi connectivity index (χ3v) is 3.98. The first kappa shape index (κ1) is 16.5. The van der Waals surface area contributed by atoms with Crippen LogP contribution in [0.2, 0.25) is 5.02 Å². The van der Waals surface area contributed by atoms with Crippen molar-refractivity contribution < 1.29 is 9.21 Å². The van der Waals surface area contributed by atoms with Crippen molar-refractivity contribution in [2.45, 2.75) is 19.8 Å². The molecule has 0 saturated heterocycles. The summed E-state index contributed by atoms with van der Waals surface area (Å²) >= 11 is 9.49. The Balaban J connectivity index is 2.09. The summed E-state index contributed by atoms with van der Waals surface area (Å²) in [6, 6.07) is 7.42. The molecule has 0 aliphatic heterocycles. The minimum Gasteiger partial charge on any atom is -0.423 e. The van der Waals surface area contributed by atoms with Gasteiger partial charge in [-0.2, -0.15) is 5.26 Å². The molecule has 22 heavy (non-hydrogen) atoms. The molecule has 1 heterocycles. The Hall–Kier alpha value is -1.84. The number of carbonyl (C=O) groups is 1. The summed E-state index contributed by atoms with van der Waals surface area (Å²) in [6.07, 6.45) is 0.744. The Bertz CT molecular complexity index is 752. The van der Waals surface area contributed by atoms with Crippen LogP contribution in [0.4, 0.5) is 5.88 Å². The Morgan fingerprint density at radius 1 is 1.55 bits per heavy atom. The normalized spacial score (nSPS) is 10.3. The first-order valence-electron chi connectivity index (χ1n) is 6.50. The highest BCUT2D eigenvalue weighted by Gasteiger charge is 2.20. The first-order chi connectivity index (χ1) is 10.4. The van der Waals surface area contributed by atoms with Crippen LogP contribution in [0, 0.1) is 18.3 Å². The van der Waals surface area contributed by atoms with Gasteiger partial charge in [0.05, 0.1) is 0 Å². The first-order valence-corrected chi connectivity index (χ1v) is 7.67. The van der Waals surface area contributed by atoms with Crippen LogP contribution in [0.3, 0.4) is 0 Å². The average Bonchev–Trinajstić information content (AvgIpc) is 2.88. The van der Waals surface area contributed by atoms with Crippen LogP contribution in [0.1, 0.15) is 23.6 Å². The molecule has 0 bridgehead atoms. The van der Waals surface area contributed by atoms with Crippen molar-refractivity contribution in [2.24, 2.45) is 0 Å². The van der Waals surface area contributed by atoms with E-state index in [-0.39, 0.29) is 23.9 Å². The van der Waals surface area contributed by atoms with Crippen molar-refractivity contribution in [1.29, 1.82) is 5.26 Å². The van der Waals surface area contributed by atoms with E-state index >= 15 is 0 Å². The fourth-order valence-corrected chi connectivity index (χ4v) is 2.59. The Morgan fingerprint density at radius 2 is 2.27 bits per heavy atom. The van der Waals surface area contributed by atoms with Crippen LogP contribution in [0.15, 0.2) is 27.1 Å². The maximum Gasteiger partial charge on any atom is 0.241 e. The van der Waals surface area contributed by atoms with Gasteiger partial charge in [0.15, 0.2) is 5.89 Å². The number of aryl methyl sites for hydroxylation is 2. The number of amides is 1. The standard InChI is InChI=1S/C15H13BrClN3O2/c1-9-19-13(8-18)15(22-9)20(2)14(21)6-3-10-7-11(16)4-5-12(10)17/h4-5,7H,3,6H2,1-2H3. The molecule has 0 N–H and O–H groups in total. The van der Waals surface area contributed by atoms with Gasteiger partial charge in [0, 0.05) is 29.9 Å².